The van der Waals surface area contributed by atoms with Crippen LogP contribution in [0, 0.1) is 5.92 Å². The highest BCUT2D eigenvalue weighted by atomic mass is 127. The molecule has 1 aliphatic rings. The number of nitrogens with zero attached hydrogens (tertiary/aromatic N) is 1. The van der Waals surface area contributed by atoms with Gasteiger partial charge in [-0.25, -0.2) is 9.59 Å². The standard InChI is InChI=1S/C32H45IN6O11/c1-19(2)27(38-23(40)13-16-48-17-14-26(43)50-39-24(41)11-12-25(39)42)29(45)37-22(6-5-15-35-31(34)47)28(44)36-21-9-7-20(8-10-21)18-49-30(46)32(3,4)33/h7-10,19,22,27H,5-6,11-18H2,1-4H3,(H,36,44)(H,37,45)(H,38,40)(H3,34,35,47)/t22-,27-/m1/s1. The molecule has 6 N–H and O–H groups in total. The molecule has 0 bridgehead atoms. The fraction of sp³-hybridized carbons (Fsp3) is 0.562. The highest BCUT2D eigenvalue weighted by Gasteiger charge is 2.33. The Kier molecular flexibility index (Phi) is 17.0. The molecule has 7 amide bonds. The van der Waals surface area contributed by atoms with E-state index in [-0.39, 0.29) is 70.4 Å². The molecule has 2 atom stereocenters. The molecule has 1 saturated heterocycles. The van der Waals surface area contributed by atoms with Crippen molar-refractivity contribution in [2.24, 2.45) is 11.7 Å². The quantitative estimate of drug-likeness (QED) is 0.0414. The minimum absolute atomic E-state index is 0.0239. The van der Waals surface area contributed by atoms with E-state index >= 15 is 0 Å². The lowest BCUT2D eigenvalue weighted by Gasteiger charge is -2.25. The van der Waals surface area contributed by atoms with Gasteiger partial charge in [0.15, 0.2) is 0 Å². The summed E-state index contributed by atoms with van der Waals surface area (Å²) < 4.78 is 9.93. The van der Waals surface area contributed by atoms with Crippen molar-refractivity contribution < 1.29 is 52.7 Å². The van der Waals surface area contributed by atoms with Crippen LogP contribution in [0.3, 0.4) is 0 Å². The summed E-state index contributed by atoms with van der Waals surface area (Å²) in [7, 11) is 0. The Balaban J connectivity index is 1.92. The number of alkyl halides is 1. The van der Waals surface area contributed by atoms with Gasteiger partial charge in [0.2, 0.25) is 17.7 Å². The molecule has 1 aromatic rings. The fourth-order valence-electron chi connectivity index (χ4n) is 4.29. The third-order valence-electron chi connectivity index (χ3n) is 7.07. The molecule has 2 rings (SSSR count). The van der Waals surface area contributed by atoms with E-state index in [4.69, 9.17) is 20.0 Å². The normalized spacial score (nSPS) is 14.1. The SMILES string of the molecule is CC(C)[C@@H](NC(=O)CCOCCC(=O)ON1C(=O)CCC1=O)C(=O)N[C@H](CCCNC(N)=O)C(=O)Nc1ccc(COC(=O)C(C)(C)I)cc1. The molecule has 0 saturated carbocycles. The van der Waals surface area contributed by atoms with Gasteiger partial charge in [0, 0.05) is 31.5 Å². The van der Waals surface area contributed by atoms with E-state index in [1.807, 2.05) is 22.6 Å². The molecule has 0 unspecified atom stereocenters. The summed E-state index contributed by atoms with van der Waals surface area (Å²) in [5, 5.41) is 11.0. The first-order chi connectivity index (χ1) is 23.5. The van der Waals surface area contributed by atoms with Crippen molar-refractivity contribution in [2.75, 3.05) is 25.1 Å². The summed E-state index contributed by atoms with van der Waals surface area (Å²) in [5.74, 6) is -4.44. The number of hydrogen-bond donors (Lipinski definition) is 5. The molecule has 1 aliphatic heterocycles. The van der Waals surface area contributed by atoms with Gasteiger partial charge in [0.1, 0.15) is 22.1 Å². The number of halogens is 1. The first-order valence-corrected chi connectivity index (χ1v) is 17.1. The number of nitrogens with one attached hydrogen (secondary N) is 4. The van der Waals surface area contributed by atoms with Crippen LogP contribution in [-0.2, 0) is 54.5 Å². The smallest absolute Gasteiger partial charge is 0.335 e. The first-order valence-electron chi connectivity index (χ1n) is 16.0. The van der Waals surface area contributed by atoms with E-state index in [0.29, 0.717) is 22.7 Å². The lowest BCUT2D eigenvalue weighted by Crippen LogP contribution is -2.54. The topological polar surface area (TPSA) is 242 Å². The highest BCUT2D eigenvalue weighted by molar-refractivity contribution is 14.1. The van der Waals surface area contributed by atoms with Crippen LogP contribution in [0.2, 0.25) is 0 Å². The van der Waals surface area contributed by atoms with Crippen LogP contribution in [0.25, 0.3) is 0 Å². The minimum atomic E-state index is -1.05. The molecule has 50 heavy (non-hydrogen) atoms. The van der Waals surface area contributed by atoms with E-state index in [0.717, 1.165) is 0 Å². The van der Waals surface area contributed by atoms with Crippen molar-refractivity contribution in [1.82, 2.24) is 21.0 Å². The summed E-state index contributed by atoms with van der Waals surface area (Å²) >= 11 is 1.99. The number of urea groups is 1. The van der Waals surface area contributed by atoms with Crippen molar-refractivity contribution in [2.45, 2.75) is 88.3 Å². The zero-order valence-electron chi connectivity index (χ0n) is 28.5. The average molecular weight is 817 g/mol. The predicted octanol–water partition coefficient (Wildman–Crippen LogP) is 1.36. The molecule has 0 radical (unpaired) electrons. The Labute approximate surface area is 303 Å². The number of ether oxygens (including phenoxy) is 2. The van der Waals surface area contributed by atoms with E-state index in [1.165, 1.54) is 0 Å². The van der Waals surface area contributed by atoms with Gasteiger partial charge < -0.3 is 41.3 Å². The van der Waals surface area contributed by atoms with Gasteiger partial charge in [-0.2, -0.15) is 0 Å². The van der Waals surface area contributed by atoms with Gasteiger partial charge in [-0.3, -0.25) is 28.8 Å². The largest absolute Gasteiger partial charge is 0.460 e. The van der Waals surface area contributed by atoms with Crippen LogP contribution in [0.15, 0.2) is 24.3 Å². The van der Waals surface area contributed by atoms with Gasteiger partial charge in [-0.05, 0) is 50.3 Å². The summed E-state index contributed by atoms with van der Waals surface area (Å²) in [6.45, 7) is 6.89. The van der Waals surface area contributed by atoms with Crippen LogP contribution in [0.4, 0.5) is 10.5 Å². The Hall–Kier alpha value is -4.33. The molecule has 1 heterocycles. The summed E-state index contributed by atoms with van der Waals surface area (Å²) in [6, 6.07) is 3.84. The lowest BCUT2D eigenvalue weighted by atomic mass is 10.0. The zero-order chi connectivity index (χ0) is 37.4. The first kappa shape index (κ1) is 41.8. The van der Waals surface area contributed by atoms with Crippen LogP contribution >= 0.6 is 22.6 Å². The number of hydroxylamine groups is 2. The molecule has 1 aromatic carbocycles. The maximum atomic E-state index is 13.3. The van der Waals surface area contributed by atoms with Crippen molar-refractivity contribution >= 4 is 75.8 Å². The number of amides is 7. The number of esters is 1. The molecule has 0 spiro atoms. The molecular formula is C32H45IN6O11. The molecule has 276 valence electrons. The van der Waals surface area contributed by atoms with E-state index < -0.39 is 57.0 Å². The maximum absolute atomic E-state index is 13.3. The van der Waals surface area contributed by atoms with Crippen molar-refractivity contribution in [3.05, 3.63) is 29.8 Å². The number of carbonyl (C=O) groups is 8. The molecule has 0 aromatic heterocycles. The Bertz CT molecular complexity index is 1380. The van der Waals surface area contributed by atoms with Gasteiger partial charge in [0.25, 0.3) is 11.8 Å². The van der Waals surface area contributed by atoms with Gasteiger partial charge >= 0.3 is 18.0 Å². The molecule has 18 heteroatoms. The number of carbonyl (C=O) groups excluding carboxylic acids is 8. The molecule has 1 fully saturated rings. The lowest BCUT2D eigenvalue weighted by molar-refractivity contribution is -0.198. The van der Waals surface area contributed by atoms with Gasteiger partial charge in [-0.1, -0.05) is 48.6 Å². The number of imide groups is 1. The third-order valence-corrected chi connectivity index (χ3v) is 7.51. The number of nitrogens with two attached hydrogens (primary N) is 1. The zero-order valence-corrected chi connectivity index (χ0v) is 30.7. The molecular weight excluding hydrogens is 771 g/mol. The van der Waals surface area contributed by atoms with E-state index in [9.17, 15) is 38.4 Å². The summed E-state index contributed by atoms with van der Waals surface area (Å²) in [5.41, 5.74) is 6.25. The second-order valence-electron chi connectivity index (χ2n) is 12.2. The number of anilines is 1. The van der Waals surface area contributed by atoms with Crippen LogP contribution < -0.4 is 27.0 Å². The van der Waals surface area contributed by atoms with Crippen molar-refractivity contribution in [1.29, 1.82) is 0 Å². The van der Waals surface area contributed by atoms with Gasteiger partial charge in [0.05, 0.1) is 19.6 Å². The van der Waals surface area contributed by atoms with Crippen molar-refractivity contribution in [3.63, 3.8) is 0 Å². The minimum Gasteiger partial charge on any atom is -0.460 e. The molecule has 17 nitrogen and oxygen atoms in total. The maximum Gasteiger partial charge on any atom is 0.335 e. The number of primary amides is 1. The van der Waals surface area contributed by atoms with Crippen LogP contribution in [-0.4, -0.2) is 87.8 Å². The highest BCUT2D eigenvalue weighted by Crippen LogP contribution is 2.20. The van der Waals surface area contributed by atoms with Crippen LogP contribution in [0.5, 0.6) is 0 Å². The predicted molar refractivity (Wildman–Crippen MR) is 186 cm³/mol. The second kappa shape index (κ2) is 20.4. The summed E-state index contributed by atoms with van der Waals surface area (Å²) in [6.07, 6.45) is -0.0265. The monoisotopic (exact) mass is 816 g/mol. The van der Waals surface area contributed by atoms with E-state index in [1.54, 1.807) is 52.0 Å². The average Bonchev–Trinajstić information content (AvgIpc) is 3.35. The Morgan fingerprint density at radius 3 is 2.14 bits per heavy atom. The third kappa shape index (κ3) is 15.1. The van der Waals surface area contributed by atoms with E-state index in [2.05, 4.69) is 21.3 Å². The number of hydrogen-bond acceptors (Lipinski definition) is 11. The number of rotatable bonds is 20. The molecule has 0 aliphatic carbocycles. The number of benzene rings is 1. The van der Waals surface area contributed by atoms with Crippen LogP contribution in [0.1, 0.15) is 71.8 Å². The van der Waals surface area contributed by atoms with Crippen molar-refractivity contribution in [3.8, 4) is 0 Å². The fourth-order valence-corrected chi connectivity index (χ4v) is 4.45. The van der Waals surface area contributed by atoms with Gasteiger partial charge in [-0.15, -0.1) is 5.06 Å². The Morgan fingerprint density at radius 2 is 1.56 bits per heavy atom. The second-order valence-corrected chi connectivity index (χ2v) is 14.9. The Morgan fingerprint density at radius 1 is 0.940 bits per heavy atom. The summed E-state index contributed by atoms with van der Waals surface area (Å²) in [4.78, 5) is 102.